The van der Waals surface area contributed by atoms with Gasteiger partial charge in [-0.3, -0.25) is 0 Å². The molecule has 112 valence electrons. The van der Waals surface area contributed by atoms with Crippen LogP contribution in [0.1, 0.15) is 27.8 Å². The number of nitriles is 1. The van der Waals surface area contributed by atoms with Crippen molar-refractivity contribution in [1.82, 2.24) is 0 Å². The number of hydrogen-bond donors (Lipinski definition) is 0. The van der Waals surface area contributed by atoms with Gasteiger partial charge in [-0.25, -0.2) is 0 Å². The number of methoxy groups -OCH3 is 1. The van der Waals surface area contributed by atoms with Crippen molar-refractivity contribution < 1.29 is 4.74 Å². The van der Waals surface area contributed by atoms with E-state index in [-0.39, 0.29) is 0 Å². The number of halogens is 2. The zero-order chi connectivity index (χ0) is 15.9. The van der Waals surface area contributed by atoms with E-state index in [9.17, 15) is 0 Å². The Balaban J connectivity index is 2.34. The molecule has 0 N–H and O–H groups in total. The van der Waals surface area contributed by atoms with Crippen LogP contribution >= 0.6 is 31.9 Å². The van der Waals surface area contributed by atoms with Gasteiger partial charge in [0.25, 0.3) is 0 Å². The molecule has 0 fully saturated rings. The van der Waals surface area contributed by atoms with Crippen LogP contribution in [0.4, 0.5) is 0 Å². The van der Waals surface area contributed by atoms with Crippen molar-refractivity contribution in [3.63, 3.8) is 0 Å². The molecule has 4 heteroatoms. The van der Waals surface area contributed by atoms with Gasteiger partial charge in [-0.15, -0.1) is 0 Å². The number of benzene rings is 2. The predicted molar refractivity (Wildman–Crippen MR) is 98.3 cm³/mol. The summed E-state index contributed by atoms with van der Waals surface area (Å²) in [7, 11) is 1.69. The van der Waals surface area contributed by atoms with Gasteiger partial charge in [0, 0.05) is 16.2 Å². The number of rotatable bonds is 5. The van der Waals surface area contributed by atoms with Gasteiger partial charge in [-0.05, 0) is 41.0 Å². The molecular formula is C18H15Br2NO. The fourth-order valence-electron chi connectivity index (χ4n) is 2.11. The van der Waals surface area contributed by atoms with Crippen molar-refractivity contribution >= 4 is 44.0 Å². The van der Waals surface area contributed by atoms with Crippen molar-refractivity contribution in [1.29, 1.82) is 5.26 Å². The summed E-state index contributed by atoms with van der Waals surface area (Å²) in [6.07, 6.45) is 4.14. The maximum atomic E-state index is 8.82. The number of ether oxygens (including phenoxy) is 1. The van der Waals surface area contributed by atoms with Gasteiger partial charge in [0.1, 0.15) is 5.75 Å². The van der Waals surface area contributed by atoms with E-state index >= 15 is 0 Å². The van der Waals surface area contributed by atoms with Crippen LogP contribution in [0.2, 0.25) is 0 Å². The Labute approximate surface area is 147 Å². The number of alkyl halides is 2. The minimum atomic E-state index is 0.671. The van der Waals surface area contributed by atoms with Crippen LogP contribution < -0.4 is 4.74 Å². The summed E-state index contributed by atoms with van der Waals surface area (Å²) < 4.78 is 5.42. The Hall–Kier alpha value is -1.57. The van der Waals surface area contributed by atoms with Gasteiger partial charge in [-0.2, -0.15) is 5.26 Å². The molecule has 22 heavy (non-hydrogen) atoms. The maximum absolute atomic E-state index is 8.82. The molecule has 0 amide bonds. The van der Waals surface area contributed by atoms with Gasteiger partial charge in [0.15, 0.2) is 0 Å². The van der Waals surface area contributed by atoms with Crippen LogP contribution in [0.25, 0.3) is 12.2 Å². The first-order chi connectivity index (χ1) is 10.7. The average Bonchev–Trinajstić information content (AvgIpc) is 2.59. The SMILES string of the molecule is COc1cc(CBr)c(/C=C/c2ccc(C#N)cc2)cc1CBr. The van der Waals surface area contributed by atoms with Crippen LogP contribution in [0.15, 0.2) is 36.4 Å². The summed E-state index contributed by atoms with van der Waals surface area (Å²) in [5, 5.41) is 10.3. The smallest absolute Gasteiger partial charge is 0.123 e. The first kappa shape index (κ1) is 16.8. The highest BCUT2D eigenvalue weighted by Gasteiger charge is 2.07. The minimum Gasteiger partial charge on any atom is -0.496 e. The van der Waals surface area contributed by atoms with Gasteiger partial charge in [-0.1, -0.05) is 56.1 Å². The largest absolute Gasteiger partial charge is 0.496 e. The quantitative estimate of drug-likeness (QED) is 0.470. The van der Waals surface area contributed by atoms with Gasteiger partial charge >= 0.3 is 0 Å². The molecule has 0 spiro atoms. The van der Waals surface area contributed by atoms with Crippen molar-refractivity contribution in [3.05, 3.63) is 64.2 Å². The lowest BCUT2D eigenvalue weighted by atomic mass is 10.0. The lowest BCUT2D eigenvalue weighted by molar-refractivity contribution is 0.411. The zero-order valence-electron chi connectivity index (χ0n) is 12.1. The minimum absolute atomic E-state index is 0.671. The van der Waals surface area contributed by atoms with Crippen LogP contribution in [0.5, 0.6) is 5.75 Å². The van der Waals surface area contributed by atoms with E-state index in [1.807, 2.05) is 30.3 Å². The first-order valence-corrected chi connectivity index (χ1v) is 8.96. The second-order valence-electron chi connectivity index (χ2n) is 4.70. The summed E-state index contributed by atoms with van der Waals surface area (Å²) in [4.78, 5) is 0. The van der Waals surface area contributed by atoms with E-state index in [4.69, 9.17) is 10.00 Å². The molecule has 0 aliphatic carbocycles. The standard InChI is InChI=1S/C18H15Br2NO/c1-22-18-9-16(10-19)15(8-17(18)11-20)7-6-13-2-4-14(12-21)5-3-13/h2-9H,10-11H2,1H3/b7-6+. The predicted octanol–water partition coefficient (Wildman–Crippen LogP) is 5.53. The second kappa shape index (κ2) is 8.17. The normalized spacial score (nSPS) is 10.6. The van der Waals surface area contributed by atoms with Crippen molar-refractivity contribution in [2.75, 3.05) is 7.11 Å². The van der Waals surface area contributed by atoms with Crippen LogP contribution in [-0.4, -0.2) is 7.11 Å². The Morgan fingerprint density at radius 1 is 1.05 bits per heavy atom. The van der Waals surface area contributed by atoms with Gasteiger partial charge < -0.3 is 4.74 Å². The molecular weight excluding hydrogens is 406 g/mol. The van der Waals surface area contributed by atoms with Crippen LogP contribution in [-0.2, 0) is 10.7 Å². The highest BCUT2D eigenvalue weighted by atomic mass is 79.9. The highest BCUT2D eigenvalue weighted by molar-refractivity contribution is 9.08. The molecule has 0 radical (unpaired) electrons. The van der Waals surface area contributed by atoms with Crippen molar-refractivity contribution in [3.8, 4) is 11.8 Å². The molecule has 2 rings (SSSR count). The first-order valence-electron chi connectivity index (χ1n) is 6.71. The topological polar surface area (TPSA) is 33.0 Å². The molecule has 0 aromatic heterocycles. The van der Waals surface area contributed by atoms with E-state index in [1.165, 1.54) is 5.56 Å². The van der Waals surface area contributed by atoms with E-state index < -0.39 is 0 Å². The third-order valence-electron chi connectivity index (χ3n) is 3.33. The molecule has 0 saturated heterocycles. The Morgan fingerprint density at radius 3 is 2.27 bits per heavy atom. The lowest BCUT2D eigenvalue weighted by Crippen LogP contribution is -1.94. The van der Waals surface area contributed by atoms with E-state index in [0.29, 0.717) is 5.56 Å². The lowest BCUT2D eigenvalue weighted by Gasteiger charge is -2.11. The monoisotopic (exact) mass is 419 g/mol. The molecule has 2 nitrogen and oxygen atoms in total. The zero-order valence-corrected chi connectivity index (χ0v) is 15.3. The molecule has 0 aliphatic heterocycles. The fourth-order valence-corrected chi connectivity index (χ4v) is 3.03. The molecule has 0 bridgehead atoms. The number of hydrogen-bond acceptors (Lipinski definition) is 2. The summed E-state index contributed by atoms with van der Waals surface area (Å²) >= 11 is 7.02. The highest BCUT2D eigenvalue weighted by Crippen LogP contribution is 2.28. The molecule has 0 atom stereocenters. The van der Waals surface area contributed by atoms with Crippen LogP contribution in [0.3, 0.4) is 0 Å². The molecule has 0 aliphatic rings. The Kier molecular flexibility index (Phi) is 6.23. The van der Waals surface area contributed by atoms with Crippen molar-refractivity contribution in [2.45, 2.75) is 10.7 Å². The molecule has 2 aromatic rings. The Morgan fingerprint density at radius 2 is 1.73 bits per heavy atom. The summed E-state index contributed by atoms with van der Waals surface area (Å²) in [6, 6.07) is 13.8. The van der Waals surface area contributed by atoms with E-state index in [2.05, 4.69) is 56.1 Å². The van der Waals surface area contributed by atoms with Gasteiger partial charge in [0.05, 0.1) is 18.7 Å². The molecule has 2 aromatic carbocycles. The van der Waals surface area contributed by atoms with Crippen molar-refractivity contribution in [2.24, 2.45) is 0 Å². The third kappa shape index (κ3) is 4.00. The van der Waals surface area contributed by atoms with E-state index in [0.717, 1.165) is 33.1 Å². The summed E-state index contributed by atoms with van der Waals surface area (Å²) in [5.41, 5.74) is 5.18. The summed E-state index contributed by atoms with van der Waals surface area (Å²) in [6.45, 7) is 0. The second-order valence-corrected chi connectivity index (χ2v) is 5.82. The van der Waals surface area contributed by atoms with Crippen LogP contribution in [0, 0.1) is 11.3 Å². The molecule has 0 unspecified atom stereocenters. The molecule has 0 saturated carbocycles. The number of nitrogens with zero attached hydrogens (tertiary/aromatic N) is 1. The Bertz CT molecular complexity index is 715. The average molecular weight is 421 g/mol. The maximum Gasteiger partial charge on any atom is 0.123 e. The third-order valence-corrected chi connectivity index (χ3v) is 4.53. The van der Waals surface area contributed by atoms with E-state index in [1.54, 1.807) is 7.11 Å². The molecule has 0 heterocycles. The fraction of sp³-hybridized carbons (Fsp3) is 0.167. The summed E-state index contributed by atoms with van der Waals surface area (Å²) in [5.74, 6) is 0.891. The van der Waals surface area contributed by atoms with Gasteiger partial charge in [0.2, 0.25) is 0 Å².